The fourth-order valence-corrected chi connectivity index (χ4v) is 2.21. The SMILES string of the molecule is OC(c1ccccc1)(c1ccncc1)c1ccn[nH]1. The van der Waals surface area contributed by atoms with Crippen LogP contribution in [0.25, 0.3) is 0 Å². The van der Waals surface area contributed by atoms with Crippen LogP contribution in [0.2, 0.25) is 0 Å². The Morgan fingerprint density at radius 3 is 2.16 bits per heavy atom. The molecule has 0 aliphatic heterocycles. The Balaban J connectivity index is 2.23. The average Bonchev–Trinajstić information content (AvgIpc) is 3.03. The molecule has 3 rings (SSSR count). The molecule has 2 heterocycles. The van der Waals surface area contributed by atoms with Gasteiger partial charge in [-0.2, -0.15) is 5.10 Å². The molecule has 0 radical (unpaired) electrons. The molecule has 2 aromatic heterocycles. The van der Waals surface area contributed by atoms with Gasteiger partial charge < -0.3 is 5.11 Å². The van der Waals surface area contributed by atoms with Crippen LogP contribution in [0, 0.1) is 0 Å². The second-order valence-corrected chi connectivity index (χ2v) is 4.28. The summed E-state index contributed by atoms with van der Waals surface area (Å²) in [4.78, 5) is 4.00. The van der Waals surface area contributed by atoms with E-state index in [1.165, 1.54) is 0 Å². The number of aliphatic hydroxyl groups is 1. The van der Waals surface area contributed by atoms with E-state index in [1.54, 1.807) is 36.8 Å². The summed E-state index contributed by atoms with van der Waals surface area (Å²) >= 11 is 0. The van der Waals surface area contributed by atoms with E-state index in [0.29, 0.717) is 5.69 Å². The van der Waals surface area contributed by atoms with Gasteiger partial charge in [-0.1, -0.05) is 30.3 Å². The molecule has 0 saturated heterocycles. The van der Waals surface area contributed by atoms with E-state index in [0.717, 1.165) is 11.1 Å². The highest BCUT2D eigenvalue weighted by Gasteiger charge is 2.34. The van der Waals surface area contributed by atoms with E-state index in [9.17, 15) is 5.11 Å². The first-order valence-electron chi connectivity index (χ1n) is 6.00. The van der Waals surface area contributed by atoms with Gasteiger partial charge in [0.2, 0.25) is 0 Å². The Kier molecular flexibility index (Phi) is 2.85. The highest BCUT2D eigenvalue weighted by molar-refractivity contribution is 5.43. The van der Waals surface area contributed by atoms with Gasteiger partial charge in [-0.25, -0.2) is 0 Å². The fourth-order valence-electron chi connectivity index (χ4n) is 2.21. The van der Waals surface area contributed by atoms with Crippen LogP contribution >= 0.6 is 0 Å². The summed E-state index contributed by atoms with van der Waals surface area (Å²) in [5.41, 5.74) is 0.911. The molecule has 2 N–H and O–H groups in total. The van der Waals surface area contributed by atoms with Gasteiger partial charge in [-0.15, -0.1) is 0 Å². The first kappa shape index (κ1) is 11.6. The van der Waals surface area contributed by atoms with Crippen molar-refractivity contribution in [3.8, 4) is 0 Å². The van der Waals surface area contributed by atoms with Crippen molar-refractivity contribution < 1.29 is 5.11 Å². The number of pyridine rings is 1. The molecule has 0 bridgehead atoms. The number of nitrogens with zero attached hydrogens (tertiary/aromatic N) is 2. The quantitative estimate of drug-likeness (QED) is 0.749. The standard InChI is InChI=1S/C15H13N3O/c19-15(14-8-11-17-18-14,12-4-2-1-3-5-12)13-6-9-16-10-7-13/h1-11,19H,(H,17,18). The van der Waals surface area contributed by atoms with Crippen molar-refractivity contribution in [1.82, 2.24) is 15.2 Å². The first-order chi connectivity index (χ1) is 9.32. The summed E-state index contributed by atoms with van der Waals surface area (Å²) in [7, 11) is 0. The van der Waals surface area contributed by atoms with Crippen molar-refractivity contribution in [1.29, 1.82) is 0 Å². The molecule has 4 nitrogen and oxygen atoms in total. The average molecular weight is 251 g/mol. The third-order valence-corrected chi connectivity index (χ3v) is 3.18. The van der Waals surface area contributed by atoms with Crippen LogP contribution in [-0.4, -0.2) is 20.3 Å². The molecule has 19 heavy (non-hydrogen) atoms. The van der Waals surface area contributed by atoms with Crippen LogP contribution in [0.15, 0.2) is 67.1 Å². The van der Waals surface area contributed by atoms with Crippen LogP contribution in [0.1, 0.15) is 16.8 Å². The number of hydrogen-bond donors (Lipinski definition) is 2. The maximum atomic E-state index is 11.2. The Morgan fingerprint density at radius 2 is 1.53 bits per heavy atom. The summed E-state index contributed by atoms with van der Waals surface area (Å²) in [6, 6.07) is 14.9. The topological polar surface area (TPSA) is 61.8 Å². The summed E-state index contributed by atoms with van der Waals surface area (Å²) < 4.78 is 0. The van der Waals surface area contributed by atoms with Crippen LogP contribution in [0.4, 0.5) is 0 Å². The Labute approximate surface area is 110 Å². The monoisotopic (exact) mass is 251 g/mol. The lowest BCUT2D eigenvalue weighted by Crippen LogP contribution is -2.29. The summed E-state index contributed by atoms with van der Waals surface area (Å²) in [5.74, 6) is 0. The van der Waals surface area contributed by atoms with Gasteiger partial charge in [0.05, 0.1) is 5.69 Å². The van der Waals surface area contributed by atoms with E-state index in [1.807, 2.05) is 30.3 Å². The summed E-state index contributed by atoms with van der Waals surface area (Å²) in [6.45, 7) is 0. The summed E-state index contributed by atoms with van der Waals surface area (Å²) in [5, 5.41) is 18.0. The predicted molar refractivity (Wildman–Crippen MR) is 71.4 cm³/mol. The maximum absolute atomic E-state index is 11.2. The molecule has 0 saturated carbocycles. The minimum absolute atomic E-state index is 0.630. The highest BCUT2D eigenvalue weighted by Crippen LogP contribution is 2.34. The van der Waals surface area contributed by atoms with Gasteiger partial charge in [-0.3, -0.25) is 10.1 Å². The van der Waals surface area contributed by atoms with Crippen molar-refractivity contribution in [2.45, 2.75) is 5.60 Å². The van der Waals surface area contributed by atoms with Crippen molar-refractivity contribution in [2.24, 2.45) is 0 Å². The Morgan fingerprint density at radius 1 is 0.842 bits per heavy atom. The maximum Gasteiger partial charge on any atom is 0.156 e. The highest BCUT2D eigenvalue weighted by atomic mass is 16.3. The number of rotatable bonds is 3. The van der Waals surface area contributed by atoms with Gasteiger partial charge in [0, 0.05) is 18.6 Å². The van der Waals surface area contributed by atoms with E-state index in [-0.39, 0.29) is 0 Å². The van der Waals surface area contributed by atoms with Crippen LogP contribution < -0.4 is 0 Å². The molecule has 0 spiro atoms. The third kappa shape index (κ3) is 1.92. The fraction of sp³-hybridized carbons (Fsp3) is 0.0667. The Hall–Kier alpha value is -2.46. The van der Waals surface area contributed by atoms with Crippen molar-refractivity contribution in [3.05, 3.63) is 83.9 Å². The second kappa shape index (κ2) is 4.66. The van der Waals surface area contributed by atoms with E-state index < -0.39 is 5.60 Å². The van der Waals surface area contributed by atoms with Crippen LogP contribution in [0.5, 0.6) is 0 Å². The molecular weight excluding hydrogens is 238 g/mol. The zero-order valence-electron chi connectivity index (χ0n) is 10.2. The zero-order chi connectivity index (χ0) is 13.1. The minimum Gasteiger partial charge on any atom is -0.374 e. The molecule has 0 amide bonds. The molecule has 1 atom stereocenters. The number of H-pyrrole nitrogens is 1. The molecule has 0 aliphatic carbocycles. The zero-order valence-corrected chi connectivity index (χ0v) is 10.2. The van der Waals surface area contributed by atoms with Gasteiger partial charge in [-0.05, 0) is 29.3 Å². The third-order valence-electron chi connectivity index (χ3n) is 3.18. The van der Waals surface area contributed by atoms with E-state index in [2.05, 4.69) is 15.2 Å². The van der Waals surface area contributed by atoms with Crippen molar-refractivity contribution >= 4 is 0 Å². The molecule has 4 heteroatoms. The minimum atomic E-state index is -1.25. The lowest BCUT2D eigenvalue weighted by molar-refractivity contribution is 0.120. The number of nitrogens with one attached hydrogen (secondary N) is 1. The number of benzene rings is 1. The molecule has 0 aliphatic rings. The van der Waals surface area contributed by atoms with E-state index >= 15 is 0 Å². The normalized spacial score (nSPS) is 13.9. The molecule has 0 fully saturated rings. The van der Waals surface area contributed by atoms with Gasteiger partial charge in [0.1, 0.15) is 0 Å². The van der Waals surface area contributed by atoms with Crippen LogP contribution in [-0.2, 0) is 5.60 Å². The molecule has 94 valence electrons. The lowest BCUT2D eigenvalue weighted by Gasteiger charge is -2.27. The second-order valence-electron chi connectivity index (χ2n) is 4.28. The first-order valence-corrected chi connectivity index (χ1v) is 6.00. The lowest BCUT2D eigenvalue weighted by atomic mass is 9.84. The smallest absolute Gasteiger partial charge is 0.156 e. The molecular formula is C15H13N3O. The van der Waals surface area contributed by atoms with E-state index in [4.69, 9.17) is 0 Å². The number of hydrogen-bond acceptors (Lipinski definition) is 3. The number of aromatic amines is 1. The van der Waals surface area contributed by atoms with Crippen LogP contribution in [0.3, 0.4) is 0 Å². The number of aromatic nitrogens is 3. The molecule has 1 unspecified atom stereocenters. The van der Waals surface area contributed by atoms with Gasteiger partial charge in [0.15, 0.2) is 5.60 Å². The van der Waals surface area contributed by atoms with Crippen molar-refractivity contribution in [2.75, 3.05) is 0 Å². The predicted octanol–water partition coefficient (Wildman–Crippen LogP) is 2.09. The molecule has 3 aromatic rings. The molecule has 1 aromatic carbocycles. The largest absolute Gasteiger partial charge is 0.374 e. The van der Waals surface area contributed by atoms with Gasteiger partial charge >= 0.3 is 0 Å². The summed E-state index contributed by atoms with van der Waals surface area (Å²) in [6.07, 6.45) is 4.96. The van der Waals surface area contributed by atoms with Gasteiger partial charge in [0.25, 0.3) is 0 Å². The van der Waals surface area contributed by atoms with Crippen molar-refractivity contribution in [3.63, 3.8) is 0 Å². The Bertz CT molecular complexity index is 596.